The molecular formula is C37H52N9O10S+. The van der Waals surface area contributed by atoms with Gasteiger partial charge in [0.15, 0.2) is 11.7 Å². The zero-order chi connectivity index (χ0) is 42.4. The fraction of sp³-hybridized carbons (Fsp3) is 0.541. The molecule has 2 amide bonds. The number of carbonyl (C=O) groups is 4. The summed E-state index contributed by atoms with van der Waals surface area (Å²) < 4.78 is 25.9. The summed E-state index contributed by atoms with van der Waals surface area (Å²) in [7, 11) is 0. The van der Waals surface area contributed by atoms with Crippen LogP contribution in [-0.4, -0.2) is 87.2 Å². The number of aromatic nitrogens is 3. The number of aliphatic carboxylic acids is 1. The Labute approximate surface area is 334 Å². The molecular weight excluding hydrogens is 763 g/mol. The van der Waals surface area contributed by atoms with Gasteiger partial charge in [0.1, 0.15) is 34.9 Å². The zero-order valence-electron chi connectivity index (χ0n) is 33.7. The number of oxime groups is 1. The number of carbonyl (C=O) groups excluding carboxylic acids is 3. The first kappa shape index (κ1) is 45.5. The second kappa shape index (κ2) is 20.3. The van der Waals surface area contributed by atoms with E-state index in [1.54, 1.807) is 74.4 Å². The monoisotopic (exact) mass is 814 g/mol. The van der Waals surface area contributed by atoms with Crippen LogP contribution in [0.1, 0.15) is 80.8 Å². The van der Waals surface area contributed by atoms with Gasteiger partial charge in [-0.2, -0.15) is 4.68 Å². The lowest BCUT2D eigenvalue weighted by Crippen LogP contribution is -2.43. The number of azide groups is 1. The van der Waals surface area contributed by atoms with Crippen LogP contribution in [0.5, 0.6) is 5.75 Å². The molecule has 57 heavy (non-hydrogen) atoms. The first-order valence-electron chi connectivity index (χ1n) is 18.1. The van der Waals surface area contributed by atoms with E-state index in [1.165, 1.54) is 5.38 Å². The van der Waals surface area contributed by atoms with E-state index >= 15 is 0 Å². The first-order chi connectivity index (χ1) is 26.6. The van der Waals surface area contributed by atoms with E-state index in [9.17, 15) is 24.3 Å². The number of aryl methyl sites for hydroxylation is 2. The van der Waals surface area contributed by atoms with Gasteiger partial charge in [-0.3, -0.25) is 5.32 Å². The predicted octanol–water partition coefficient (Wildman–Crippen LogP) is 6.46. The van der Waals surface area contributed by atoms with Gasteiger partial charge in [0.05, 0.1) is 18.3 Å². The Morgan fingerprint density at radius 3 is 2.21 bits per heavy atom. The summed E-state index contributed by atoms with van der Waals surface area (Å²) in [6, 6.07) is 7.07. The van der Waals surface area contributed by atoms with Gasteiger partial charge in [0.25, 0.3) is 6.10 Å². The van der Waals surface area contributed by atoms with Crippen LogP contribution in [0.2, 0.25) is 0 Å². The molecule has 1 unspecified atom stereocenters. The van der Waals surface area contributed by atoms with E-state index in [2.05, 4.69) is 30.8 Å². The average Bonchev–Trinajstić information content (AvgIpc) is 3.71. The van der Waals surface area contributed by atoms with Gasteiger partial charge in [-0.15, -0.1) is 16.0 Å². The topological polar surface area (TPSA) is 242 Å². The lowest BCUT2D eigenvalue weighted by Gasteiger charge is -2.23. The van der Waals surface area contributed by atoms with Gasteiger partial charge in [0.2, 0.25) is 11.9 Å². The van der Waals surface area contributed by atoms with Crippen molar-refractivity contribution in [2.45, 2.75) is 111 Å². The molecule has 3 N–H and O–H groups in total. The maximum absolute atomic E-state index is 13.1. The molecule has 3 aromatic rings. The third-order valence-corrected chi connectivity index (χ3v) is 7.69. The number of hydrogen-bond acceptors (Lipinski definition) is 13. The molecule has 0 spiro atoms. The number of rotatable bonds is 18. The number of carboxylic acid groups (broad SMARTS) is 1. The minimum atomic E-state index is -1.49. The number of nitrogens with zero attached hydrogens (tertiary/aromatic N) is 7. The van der Waals surface area contributed by atoms with E-state index in [-0.39, 0.29) is 17.4 Å². The number of nitrogens with one attached hydrogen (secondary N) is 2. The van der Waals surface area contributed by atoms with Crippen LogP contribution in [0.25, 0.3) is 21.6 Å². The van der Waals surface area contributed by atoms with Crippen molar-refractivity contribution in [2.75, 3.05) is 25.0 Å². The largest absolute Gasteiger partial charge is 0.489 e. The predicted molar refractivity (Wildman–Crippen MR) is 210 cm³/mol. The zero-order valence-corrected chi connectivity index (χ0v) is 34.5. The summed E-state index contributed by atoms with van der Waals surface area (Å²) in [5.74, 6) is -1.96. The molecule has 2 heterocycles. The van der Waals surface area contributed by atoms with E-state index in [0.717, 1.165) is 22.5 Å². The molecule has 20 heteroatoms. The van der Waals surface area contributed by atoms with Crippen molar-refractivity contribution in [3.63, 3.8) is 0 Å². The molecule has 19 nitrogen and oxygen atoms in total. The normalized spacial score (nSPS) is 12.5. The highest BCUT2D eigenvalue weighted by atomic mass is 32.1. The number of anilines is 1. The van der Waals surface area contributed by atoms with Crippen molar-refractivity contribution in [1.82, 2.24) is 15.0 Å². The van der Waals surface area contributed by atoms with Gasteiger partial charge >= 0.3 is 24.1 Å². The number of thiazole rings is 1. The molecule has 3 rings (SSSR count). The van der Waals surface area contributed by atoms with E-state index in [0.29, 0.717) is 44.8 Å². The summed E-state index contributed by atoms with van der Waals surface area (Å²) in [4.78, 5) is 61.8. The molecule has 0 bridgehead atoms. The fourth-order valence-electron chi connectivity index (χ4n) is 4.70. The number of carboxylic acids is 1. The van der Waals surface area contributed by atoms with Crippen molar-refractivity contribution in [2.24, 2.45) is 10.3 Å². The quantitative estimate of drug-likeness (QED) is 0.0145. The summed E-state index contributed by atoms with van der Waals surface area (Å²) in [5.41, 5.74) is 7.42. The van der Waals surface area contributed by atoms with Crippen LogP contribution >= 0.6 is 11.3 Å². The fourth-order valence-corrected chi connectivity index (χ4v) is 5.38. The summed E-state index contributed by atoms with van der Waals surface area (Å²) in [6.07, 6.45) is 2.46. The third kappa shape index (κ3) is 16.8. The highest BCUT2D eigenvalue weighted by molar-refractivity contribution is 7.14. The van der Waals surface area contributed by atoms with Crippen molar-refractivity contribution in [3.05, 3.63) is 58.2 Å². The van der Waals surface area contributed by atoms with Gasteiger partial charge < -0.3 is 34.2 Å². The Morgan fingerprint density at radius 2 is 1.60 bits per heavy atom. The average molecular weight is 815 g/mol. The second-order valence-corrected chi connectivity index (χ2v) is 16.4. The van der Waals surface area contributed by atoms with Gasteiger partial charge in [-0.1, -0.05) is 22.4 Å². The molecule has 310 valence electrons. The molecule has 0 saturated carbocycles. The Balaban J connectivity index is 1.74. The lowest BCUT2D eigenvalue weighted by atomic mass is 10.1. The summed E-state index contributed by atoms with van der Waals surface area (Å²) in [6.45, 7) is 17.0. The van der Waals surface area contributed by atoms with Crippen LogP contribution in [0.15, 0.2) is 52.3 Å². The van der Waals surface area contributed by atoms with Crippen molar-refractivity contribution in [1.29, 1.82) is 0 Å². The molecule has 0 aliphatic carbocycles. The molecule has 0 aliphatic heterocycles. The minimum absolute atomic E-state index is 0.0629. The van der Waals surface area contributed by atoms with E-state index in [4.69, 9.17) is 29.3 Å². The third-order valence-electron chi connectivity index (χ3n) is 6.93. The highest BCUT2D eigenvalue weighted by Crippen LogP contribution is 2.23. The maximum atomic E-state index is 13.1. The number of ether oxygens (including phenoxy) is 4. The molecule has 0 fully saturated rings. The second-order valence-electron chi connectivity index (χ2n) is 15.5. The maximum Gasteiger partial charge on any atom is 0.413 e. The van der Waals surface area contributed by atoms with Gasteiger partial charge in [0, 0.05) is 29.8 Å². The first-order valence-corrected chi connectivity index (χ1v) is 19.0. The molecule has 2 aromatic heterocycles. The number of hydrogen-bond donors (Lipinski definition) is 3. The van der Waals surface area contributed by atoms with Gasteiger partial charge in [-0.25, -0.2) is 24.2 Å². The van der Waals surface area contributed by atoms with Crippen LogP contribution in [-0.2, 0) is 41.7 Å². The Hall–Kier alpha value is -5.88. The minimum Gasteiger partial charge on any atom is -0.489 e. The smallest absolute Gasteiger partial charge is 0.413 e. The van der Waals surface area contributed by atoms with Crippen molar-refractivity contribution in [3.8, 4) is 16.9 Å². The molecule has 0 aliphatic rings. The van der Waals surface area contributed by atoms with Crippen LogP contribution in [0.3, 0.4) is 0 Å². The van der Waals surface area contributed by atoms with Crippen LogP contribution in [0.4, 0.5) is 14.7 Å². The van der Waals surface area contributed by atoms with Crippen molar-refractivity contribution < 1.29 is 52.8 Å². The number of benzene rings is 1. The molecule has 0 radical (unpaired) electrons. The van der Waals surface area contributed by atoms with Crippen LogP contribution < -0.4 is 20.1 Å². The summed E-state index contributed by atoms with van der Waals surface area (Å²) >= 11 is 0.943. The lowest BCUT2D eigenvalue weighted by molar-refractivity contribution is -0.775. The SMILES string of the molecule is CC(C)(C)OC(=O)NCCCn1cc(-c2ccc(OCC(ON=C(C(=O)O)c3csc(NC(=O)OC(C)(C)C)n3)C(=O)OC(C)(C)C)cc2)c[n+]1CCCN=[N+]=[N-]. The number of esters is 1. The Morgan fingerprint density at radius 1 is 0.947 bits per heavy atom. The van der Waals surface area contributed by atoms with E-state index in [1.807, 2.05) is 33.9 Å². The Bertz CT molecular complexity index is 1920. The number of amides is 2. The molecule has 1 atom stereocenters. The Kier molecular flexibility index (Phi) is 16.2. The van der Waals surface area contributed by atoms with Gasteiger partial charge in [-0.05, 0) is 92.0 Å². The van der Waals surface area contributed by atoms with Crippen molar-refractivity contribution >= 4 is 46.3 Å². The van der Waals surface area contributed by atoms with Crippen LogP contribution in [0, 0.1) is 0 Å². The molecule has 1 aromatic carbocycles. The highest BCUT2D eigenvalue weighted by Gasteiger charge is 2.30. The van der Waals surface area contributed by atoms with E-state index < -0.39 is 52.7 Å². The number of alkyl carbamates (subject to hydrolysis) is 1. The molecule has 0 saturated heterocycles. The summed E-state index contributed by atoms with van der Waals surface area (Å²) in [5, 5.41) is 23.9. The standard InChI is InChI=1S/C37H51N9O10S/c1-35(2,3)53-31(49)28(56-43-29(30(47)48)27-23-57-32(41-27)42-34(51)55-37(7,8)9)22-52-26-14-12-24(13-15-26)25-20-45(46(21-25)19-11-17-40-44-38)18-10-16-39-33(50)54-36(4,5)6/h12-15,20-21,23,28H,10-11,16-19,22H2,1-9H3,(H2-,39,41,42,47,48,50,51)/p+1.